The summed E-state index contributed by atoms with van der Waals surface area (Å²) >= 11 is 6.15. The Morgan fingerprint density at radius 1 is 1.20 bits per heavy atom. The van der Waals surface area contributed by atoms with Gasteiger partial charge in [0.1, 0.15) is 5.75 Å². The van der Waals surface area contributed by atoms with Gasteiger partial charge in [-0.2, -0.15) is 0 Å². The van der Waals surface area contributed by atoms with Gasteiger partial charge in [0.05, 0.1) is 29.7 Å². The number of carbonyl (C=O) groups is 1. The molecule has 0 spiro atoms. The lowest BCUT2D eigenvalue weighted by Gasteiger charge is -2.32. The Morgan fingerprint density at radius 2 is 1.96 bits per heavy atom. The van der Waals surface area contributed by atoms with Gasteiger partial charge in [-0.15, -0.1) is 0 Å². The standard InChI is InChI=1S/C20H21ClN2O2/c1-20(2)18-9-13(21)7-8-17(18)19(24)23(20)14-10-16(12-22-11-14)25-15-5-3-4-6-15/h7-12,15H,3-6H2,1-2H3. The number of nitrogens with zero attached hydrogens (tertiary/aromatic N) is 2. The third kappa shape index (κ3) is 2.78. The van der Waals surface area contributed by atoms with E-state index in [0.717, 1.165) is 29.8 Å². The van der Waals surface area contributed by atoms with Crippen LogP contribution in [0.25, 0.3) is 0 Å². The first-order valence-corrected chi connectivity index (χ1v) is 9.11. The van der Waals surface area contributed by atoms with E-state index in [9.17, 15) is 4.79 Å². The molecule has 1 saturated carbocycles. The number of ether oxygens (including phenoxy) is 1. The lowest BCUT2D eigenvalue weighted by Crippen LogP contribution is -2.39. The highest BCUT2D eigenvalue weighted by molar-refractivity contribution is 6.31. The highest BCUT2D eigenvalue weighted by Crippen LogP contribution is 2.43. The summed E-state index contributed by atoms with van der Waals surface area (Å²) < 4.78 is 6.05. The number of aromatic nitrogens is 1. The predicted molar refractivity (Wildman–Crippen MR) is 98.4 cm³/mol. The molecule has 0 unspecified atom stereocenters. The van der Waals surface area contributed by atoms with Crippen molar-refractivity contribution in [1.82, 2.24) is 4.98 Å². The summed E-state index contributed by atoms with van der Waals surface area (Å²) in [5.74, 6) is 0.693. The average molecular weight is 357 g/mol. The Balaban J connectivity index is 1.69. The van der Waals surface area contributed by atoms with Crippen molar-refractivity contribution in [2.24, 2.45) is 0 Å². The molecule has 2 heterocycles. The minimum Gasteiger partial charge on any atom is -0.489 e. The Kier molecular flexibility index (Phi) is 3.95. The van der Waals surface area contributed by atoms with E-state index in [2.05, 4.69) is 4.98 Å². The summed E-state index contributed by atoms with van der Waals surface area (Å²) in [5.41, 5.74) is 1.88. The number of carbonyl (C=O) groups excluding carboxylic acids is 1. The molecule has 0 atom stereocenters. The molecule has 1 aromatic heterocycles. The quantitative estimate of drug-likeness (QED) is 0.781. The number of anilines is 1. The Morgan fingerprint density at radius 3 is 2.72 bits per heavy atom. The van der Waals surface area contributed by atoms with Crippen molar-refractivity contribution in [2.45, 2.75) is 51.2 Å². The lowest BCUT2D eigenvalue weighted by molar-refractivity contribution is 0.0982. The van der Waals surface area contributed by atoms with Crippen molar-refractivity contribution >= 4 is 23.2 Å². The molecular formula is C20H21ClN2O2. The van der Waals surface area contributed by atoms with Gasteiger partial charge < -0.3 is 4.74 Å². The van der Waals surface area contributed by atoms with Crippen LogP contribution in [0.1, 0.15) is 55.5 Å². The van der Waals surface area contributed by atoms with Crippen LogP contribution in [0.4, 0.5) is 5.69 Å². The fourth-order valence-corrected chi connectivity index (χ4v) is 4.11. The fourth-order valence-electron chi connectivity index (χ4n) is 3.94. The van der Waals surface area contributed by atoms with E-state index in [1.807, 2.05) is 26.0 Å². The number of hydrogen-bond donors (Lipinski definition) is 0. The van der Waals surface area contributed by atoms with E-state index in [1.165, 1.54) is 12.8 Å². The van der Waals surface area contributed by atoms with Gasteiger partial charge in [-0.25, -0.2) is 0 Å². The molecular weight excluding hydrogens is 336 g/mol. The van der Waals surface area contributed by atoms with Crippen molar-refractivity contribution in [3.8, 4) is 5.75 Å². The van der Waals surface area contributed by atoms with Crippen LogP contribution < -0.4 is 9.64 Å². The molecule has 0 bridgehead atoms. The maximum Gasteiger partial charge on any atom is 0.259 e. The molecule has 1 aromatic carbocycles. The zero-order valence-corrected chi connectivity index (χ0v) is 15.2. The molecule has 1 aliphatic heterocycles. The first-order valence-electron chi connectivity index (χ1n) is 8.73. The third-order valence-corrected chi connectivity index (χ3v) is 5.43. The number of rotatable bonds is 3. The van der Waals surface area contributed by atoms with Crippen LogP contribution in [-0.4, -0.2) is 17.0 Å². The number of hydrogen-bond acceptors (Lipinski definition) is 3. The Labute approximate surface area is 152 Å². The van der Waals surface area contributed by atoms with Crippen molar-refractivity contribution in [3.63, 3.8) is 0 Å². The molecule has 1 aliphatic carbocycles. The Hall–Kier alpha value is -2.07. The monoisotopic (exact) mass is 356 g/mol. The van der Waals surface area contributed by atoms with Gasteiger partial charge in [0.15, 0.2) is 0 Å². The maximum absolute atomic E-state index is 13.0. The first kappa shape index (κ1) is 16.4. The summed E-state index contributed by atoms with van der Waals surface area (Å²) in [5, 5.41) is 0.637. The highest BCUT2D eigenvalue weighted by atomic mass is 35.5. The molecule has 5 heteroatoms. The molecule has 1 fully saturated rings. The summed E-state index contributed by atoms with van der Waals surface area (Å²) in [4.78, 5) is 19.1. The van der Waals surface area contributed by atoms with Crippen LogP contribution in [0.3, 0.4) is 0 Å². The topological polar surface area (TPSA) is 42.4 Å². The van der Waals surface area contributed by atoms with Crippen molar-refractivity contribution in [2.75, 3.05) is 4.90 Å². The second kappa shape index (κ2) is 6.03. The highest BCUT2D eigenvalue weighted by Gasteiger charge is 2.44. The van der Waals surface area contributed by atoms with Gasteiger partial charge in [-0.05, 0) is 63.3 Å². The van der Waals surface area contributed by atoms with Crippen molar-refractivity contribution < 1.29 is 9.53 Å². The molecule has 130 valence electrons. The van der Waals surface area contributed by atoms with Crippen molar-refractivity contribution in [1.29, 1.82) is 0 Å². The van der Waals surface area contributed by atoms with Crippen LogP contribution >= 0.6 is 11.6 Å². The average Bonchev–Trinajstić information content (AvgIpc) is 3.13. The molecule has 2 aliphatic rings. The molecule has 0 saturated heterocycles. The van der Waals surface area contributed by atoms with E-state index in [4.69, 9.17) is 16.3 Å². The summed E-state index contributed by atoms with van der Waals surface area (Å²) in [6.07, 6.45) is 8.30. The molecule has 4 nitrogen and oxygen atoms in total. The van der Waals surface area contributed by atoms with E-state index in [0.29, 0.717) is 10.6 Å². The van der Waals surface area contributed by atoms with E-state index >= 15 is 0 Å². The fraction of sp³-hybridized carbons (Fsp3) is 0.400. The second-order valence-electron chi connectivity index (χ2n) is 7.29. The number of pyridine rings is 1. The van der Waals surface area contributed by atoms with Crippen LogP contribution in [0.2, 0.25) is 5.02 Å². The minimum absolute atomic E-state index is 0.0310. The molecule has 4 rings (SSSR count). The smallest absolute Gasteiger partial charge is 0.259 e. The molecule has 1 amide bonds. The number of amides is 1. The first-order chi connectivity index (χ1) is 12.0. The maximum atomic E-state index is 13.0. The zero-order valence-electron chi connectivity index (χ0n) is 14.5. The van der Waals surface area contributed by atoms with Gasteiger partial charge in [0.25, 0.3) is 5.91 Å². The molecule has 0 radical (unpaired) electrons. The second-order valence-corrected chi connectivity index (χ2v) is 7.73. The lowest BCUT2D eigenvalue weighted by atomic mass is 9.93. The van der Waals surface area contributed by atoms with E-state index < -0.39 is 5.54 Å². The zero-order chi connectivity index (χ0) is 17.6. The van der Waals surface area contributed by atoms with Gasteiger partial charge in [-0.3, -0.25) is 14.7 Å². The van der Waals surface area contributed by atoms with Crippen LogP contribution in [0.15, 0.2) is 36.7 Å². The van der Waals surface area contributed by atoms with Gasteiger partial charge in [0, 0.05) is 16.7 Å². The number of fused-ring (bicyclic) bond motifs is 1. The molecule has 2 aromatic rings. The molecule has 25 heavy (non-hydrogen) atoms. The number of benzene rings is 1. The van der Waals surface area contributed by atoms with Crippen LogP contribution in [0.5, 0.6) is 5.75 Å². The molecule has 0 N–H and O–H groups in total. The summed E-state index contributed by atoms with van der Waals surface area (Å²) in [6.45, 7) is 4.05. The SMILES string of the molecule is CC1(C)c2cc(Cl)ccc2C(=O)N1c1cncc(OC2CCCC2)c1. The summed E-state index contributed by atoms with van der Waals surface area (Å²) in [6, 6.07) is 7.35. The minimum atomic E-state index is -0.495. The normalized spacial score (nSPS) is 19.3. The predicted octanol–water partition coefficient (Wildman–Crippen LogP) is 4.95. The Bertz CT molecular complexity index is 828. The number of halogens is 1. The van der Waals surface area contributed by atoms with Gasteiger partial charge >= 0.3 is 0 Å². The van der Waals surface area contributed by atoms with E-state index in [-0.39, 0.29) is 12.0 Å². The third-order valence-electron chi connectivity index (χ3n) is 5.20. The van der Waals surface area contributed by atoms with Gasteiger partial charge in [-0.1, -0.05) is 11.6 Å². The summed E-state index contributed by atoms with van der Waals surface area (Å²) in [7, 11) is 0. The van der Waals surface area contributed by atoms with E-state index in [1.54, 1.807) is 29.4 Å². The van der Waals surface area contributed by atoms with Gasteiger partial charge in [0.2, 0.25) is 0 Å². The van der Waals surface area contributed by atoms with Crippen LogP contribution in [-0.2, 0) is 5.54 Å². The largest absolute Gasteiger partial charge is 0.489 e. The van der Waals surface area contributed by atoms with Crippen molar-refractivity contribution in [3.05, 3.63) is 52.8 Å². The van der Waals surface area contributed by atoms with Crippen LogP contribution in [0, 0.1) is 0 Å².